The molecule has 0 bridgehead atoms. The average molecular weight is 371 g/mol. The second kappa shape index (κ2) is 7.36. The van der Waals surface area contributed by atoms with Crippen molar-refractivity contribution < 1.29 is 14.6 Å². The number of methoxy groups -OCH3 is 1. The second-order valence-corrected chi connectivity index (χ2v) is 6.13. The third-order valence-corrected chi connectivity index (χ3v) is 4.33. The molecule has 1 amide bonds. The highest BCUT2D eigenvalue weighted by Crippen LogP contribution is 2.29. The fraction of sp³-hybridized carbons (Fsp3) is 0.0455. The minimum absolute atomic E-state index is 0.130. The first-order chi connectivity index (χ1) is 13.7. The number of phenolic OH excluding ortho intramolecular Hbond substituents is 1. The Bertz CT molecular complexity index is 1060. The van der Waals surface area contributed by atoms with Gasteiger partial charge in [-0.2, -0.15) is 0 Å². The fourth-order valence-electron chi connectivity index (χ4n) is 2.91. The topological polar surface area (TPSA) is 75.0 Å². The van der Waals surface area contributed by atoms with Gasteiger partial charge >= 0.3 is 0 Å². The van der Waals surface area contributed by atoms with Gasteiger partial charge in [-0.25, -0.2) is 4.99 Å². The number of aromatic nitrogens is 1. The summed E-state index contributed by atoms with van der Waals surface area (Å²) < 4.78 is 5.21. The van der Waals surface area contributed by atoms with Crippen molar-refractivity contribution in [1.29, 1.82) is 0 Å². The summed E-state index contributed by atoms with van der Waals surface area (Å²) in [6.07, 6.45) is 5.06. The molecular formula is C22H17N3O3. The predicted molar refractivity (Wildman–Crippen MR) is 107 cm³/mol. The van der Waals surface area contributed by atoms with Crippen LogP contribution in [0.4, 0.5) is 5.69 Å². The summed E-state index contributed by atoms with van der Waals surface area (Å²) in [5.41, 5.74) is 2.56. The van der Waals surface area contributed by atoms with Crippen LogP contribution >= 0.6 is 0 Å². The van der Waals surface area contributed by atoms with Crippen LogP contribution in [-0.2, 0) is 4.79 Å². The van der Waals surface area contributed by atoms with Crippen molar-refractivity contribution in [1.82, 2.24) is 4.98 Å². The Morgan fingerprint density at radius 3 is 2.29 bits per heavy atom. The third kappa shape index (κ3) is 3.35. The SMILES string of the molecule is COc1ccc(C2=N/C(=C/c3ccncc3)C(=O)N2c2ccc(O)cc2)cc1. The molecule has 4 rings (SSSR count). The molecule has 2 aromatic carbocycles. The van der Waals surface area contributed by atoms with Crippen LogP contribution in [-0.4, -0.2) is 28.9 Å². The summed E-state index contributed by atoms with van der Waals surface area (Å²) in [5, 5.41) is 9.59. The van der Waals surface area contributed by atoms with Gasteiger partial charge in [-0.3, -0.25) is 14.7 Å². The van der Waals surface area contributed by atoms with Crippen molar-refractivity contribution in [3.63, 3.8) is 0 Å². The van der Waals surface area contributed by atoms with Crippen molar-refractivity contribution in [2.24, 2.45) is 4.99 Å². The first-order valence-corrected chi connectivity index (χ1v) is 8.64. The summed E-state index contributed by atoms with van der Waals surface area (Å²) in [7, 11) is 1.60. The lowest BCUT2D eigenvalue weighted by molar-refractivity contribution is -0.113. The standard InChI is InChI=1S/C22H17N3O3/c1-28-19-8-2-16(3-9-19)21-24-20(14-15-10-12-23-13-11-15)22(27)25(21)17-4-6-18(26)7-5-17/h2-14,26H,1H3/b20-14+. The van der Waals surface area contributed by atoms with E-state index in [1.54, 1.807) is 49.8 Å². The van der Waals surface area contributed by atoms with Crippen LogP contribution in [0.3, 0.4) is 0 Å². The number of ether oxygens (including phenoxy) is 1. The zero-order chi connectivity index (χ0) is 19.5. The summed E-state index contributed by atoms with van der Waals surface area (Å²) in [6, 6.07) is 17.4. The smallest absolute Gasteiger partial charge is 0.282 e. The molecule has 138 valence electrons. The average Bonchev–Trinajstić information content (AvgIpc) is 3.05. The Balaban J connectivity index is 1.80. The van der Waals surface area contributed by atoms with Crippen LogP contribution in [0.1, 0.15) is 11.1 Å². The Labute approximate surface area is 162 Å². The van der Waals surface area contributed by atoms with E-state index in [1.807, 2.05) is 36.4 Å². The number of rotatable bonds is 4. The van der Waals surface area contributed by atoms with E-state index in [0.717, 1.165) is 16.9 Å². The monoisotopic (exact) mass is 371 g/mol. The Hall–Kier alpha value is -3.93. The molecule has 0 unspecified atom stereocenters. The molecule has 6 nitrogen and oxygen atoms in total. The number of nitrogens with zero attached hydrogens (tertiary/aromatic N) is 3. The Morgan fingerprint density at radius 2 is 1.64 bits per heavy atom. The zero-order valence-electron chi connectivity index (χ0n) is 15.1. The number of amides is 1. The number of aromatic hydroxyl groups is 1. The van der Waals surface area contributed by atoms with Crippen molar-refractivity contribution >= 4 is 23.5 Å². The fourth-order valence-corrected chi connectivity index (χ4v) is 2.91. The highest BCUT2D eigenvalue weighted by molar-refractivity contribution is 6.33. The lowest BCUT2D eigenvalue weighted by Crippen LogP contribution is -2.32. The van der Waals surface area contributed by atoms with Gasteiger partial charge in [0.25, 0.3) is 5.91 Å². The number of hydrogen-bond donors (Lipinski definition) is 1. The Kier molecular flexibility index (Phi) is 4.60. The van der Waals surface area contributed by atoms with Crippen molar-refractivity contribution in [2.45, 2.75) is 0 Å². The van der Waals surface area contributed by atoms with Crippen LogP contribution in [0, 0.1) is 0 Å². The van der Waals surface area contributed by atoms with Gasteiger partial charge in [0.1, 0.15) is 23.0 Å². The van der Waals surface area contributed by atoms with E-state index < -0.39 is 0 Å². The number of aliphatic imine (C=N–C) groups is 1. The van der Waals surface area contributed by atoms with E-state index in [9.17, 15) is 9.90 Å². The maximum Gasteiger partial charge on any atom is 0.282 e. The van der Waals surface area contributed by atoms with E-state index >= 15 is 0 Å². The van der Waals surface area contributed by atoms with Crippen LogP contribution in [0.5, 0.6) is 11.5 Å². The number of carbonyl (C=O) groups is 1. The van der Waals surface area contributed by atoms with Gasteiger partial charge in [-0.05, 0) is 72.3 Å². The van der Waals surface area contributed by atoms with Gasteiger partial charge in [0.2, 0.25) is 0 Å². The molecule has 1 aliphatic heterocycles. The molecule has 0 aliphatic carbocycles. The molecule has 1 N–H and O–H groups in total. The predicted octanol–water partition coefficient (Wildman–Crippen LogP) is 3.63. The first-order valence-electron chi connectivity index (χ1n) is 8.64. The van der Waals surface area contributed by atoms with E-state index in [0.29, 0.717) is 17.2 Å². The maximum absolute atomic E-state index is 13.1. The van der Waals surface area contributed by atoms with Gasteiger partial charge in [0, 0.05) is 18.0 Å². The summed E-state index contributed by atoms with van der Waals surface area (Å²) in [4.78, 5) is 23.3. The summed E-state index contributed by atoms with van der Waals surface area (Å²) in [6.45, 7) is 0. The molecular weight excluding hydrogens is 354 g/mol. The van der Waals surface area contributed by atoms with Crippen LogP contribution in [0.15, 0.2) is 83.7 Å². The largest absolute Gasteiger partial charge is 0.508 e. The van der Waals surface area contributed by atoms with Gasteiger partial charge in [-0.1, -0.05) is 0 Å². The zero-order valence-corrected chi connectivity index (χ0v) is 15.1. The molecule has 1 aliphatic rings. The van der Waals surface area contributed by atoms with E-state index in [1.165, 1.54) is 4.90 Å². The van der Waals surface area contributed by atoms with Crippen LogP contribution in [0.25, 0.3) is 6.08 Å². The lowest BCUT2D eigenvalue weighted by Gasteiger charge is -2.18. The van der Waals surface area contributed by atoms with Crippen LogP contribution in [0.2, 0.25) is 0 Å². The minimum Gasteiger partial charge on any atom is -0.508 e. The highest BCUT2D eigenvalue weighted by Gasteiger charge is 2.32. The third-order valence-electron chi connectivity index (χ3n) is 4.33. The molecule has 6 heteroatoms. The molecule has 28 heavy (non-hydrogen) atoms. The molecule has 0 radical (unpaired) electrons. The number of phenols is 1. The highest BCUT2D eigenvalue weighted by atomic mass is 16.5. The van der Waals surface area contributed by atoms with Gasteiger partial charge < -0.3 is 9.84 Å². The second-order valence-electron chi connectivity index (χ2n) is 6.13. The molecule has 0 atom stereocenters. The van der Waals surface area contributed by atoms with Gasteiger partial charge in [-0.15, -0.1) is 0 Å². The van der Waals surface area contributed by atoms with Crippen molar-refractivity contribution in [3.8, 4) is 11.5 Å². The summed E-state index contributed by atoms with van der Waals surface area (Å²) in [5.74, 6) is 1.12. The molecule has 0 spiro atoms. The number of amidine groups is 1. The molecule has 3 aromatic rings. The van der Waals surface area contributed by atoms with Crippen molar-refractivity contribution in [3.05, 3.63) is 89.9 Å². The quantitative estimate of drug-likeness (QED) is 0.711. The van der Waals surface area contributed by atoms with E-state index in [2.05, 4.69) is 9.98 Å². The first kappa shape index (κ1) is 17.5. The lowest BCUT2D eigenvalue weighted by atomic mass is 10.1. The van der Waals surface area contributed by atoms with E-state index in [4.69, 9.17) is 4.74 Å². The number of hydrogen-bond acceptors (Lipinski definition) is 5. The molecule has 2 heterocycles. The van der Waals surface area contributed by atoms with Crippen molar-refractivity contribution in [2.75, 3.05) is 12.0 Å². The summed E-state index contributed by atoms with van der Waals surface area (Å²) >= 11 is 0. The molecule has 0 saturated heterocycles. The number of pyridine rings is 1. The minimum atomic E-state index is -0.242. The number of anilines is 1. The van der Waals surface area contributed by atoms with Crippen LogP contribution < -0.4 is 9.64 Å². The number of carbonyl (C=O) groups excluding carboxylic acids is 1. The van der Waals surface area contributed by atoms with Gasteiger partial charge in [0.15, 0.2) is 0 Å². The molecule has 0 fully saturated rings. The van der Waals surface area contributed by atoms with E-state index in [-0.39, 0.29) is 11.7 Å². The molecule has 1 aromatic heterocycles. The Morgan fingerprint density at radius 1 is 0.964 bits per heavy atom. The normalized spacial score (nSPS) is 15.0. The van der Waals surface area contributed by atoms with Gasteiger partial charge in [0.05, 0.1) is 12.8 Å². The maximum atomic E-state index is 13.1. The number of benzene rings is 2. The molecule has 0 saturated carbocycles.